The summed E-state index contributed by atoms with van der Waals surface area (Å²) in [5, 5.41) is 10.2. The smallest absolute Gasteiger partial charge is 0.295 e. The molecule has 0 aliphatic heterocycles. The van der Waals surface area contributed by atoms with Crippen molar-refractivity contribution >= 4 is 48.1 Å². The maximum absolute atomic E-state index is 12.8. The van der Waals surface area contributed by atoms with Crippen LogP contribution in [0.1, 0.15) is 6.42 Å². The largest absolute Gasteiger partial charge is 0.443 e. The number of sulfone groups is 1. The van der Waals surface area contributed by atoms with Crippen LogP contribution in [0.15, 0.2) is 62.9 Å². The molecule has 11 heteroatoms. The predicted molar refractivity (Wildman–Crippen MR) is 114 cm³/mol. The Balaban J connectivity index is 1.93. The van der Waals surface area contributed by atoms with Gasteiger partial charge in [0.25, 0.3) is 10.0 Å². The van der Waals surface area contributed by atoms with Gasteiger partial charge >= 0.3 is 0 Å². The normalized spacial score (nSPS) is 12.9. The van der Waals surface area contributed by atoms with Gasteiger partial charge in [0.15, 0.2) is 9.84 Å². The fourth-order valence-corrected chi connectivity index (χ4v) is 5.62. The lowest BCUT2D eigenvalue weighted by Gasteiger charge is -2.19. The van der Waals surface area contributed by atoms with Crippen molar-refractivity contribution in [3.05, 3.63) is 53.6 Å². The summed E-state index contributed by atoms with van der Waals surface area (Å²) in [5.74, 6) is -0.268. The number of quaternary nitrogens is 1. The number of rotatable bonds is 8. The van der Waals surface area contributed by atoms with Crippen molar-refractivity contribution in [2.45, 2.75) is 16.4 Å². The van der Waals surface area contributed by atoms with Crippen LogP contribution in [-0.4, -0.2) is 53.1 Å². The summed E-state index contributed by atoms with van der Waals surface area (Å²) in [4.78, 5) is -0.199. The molecule has 2 aromatic carbocycles. The van der Waals surface area contributed by atoms with Gasteiger partial charge in [-0.05, 0) is 24.3 Å². The summed E-state index contributed by atoms with van der Waals surface area (Å²) < 4.78 is 58.6. The van der Waals surface area contributed by atoms with E-state index < -0.39 is 19.9 Å². The summed E-state index contributed by atoms with van der Waals surface area (Å²) in [6.45, 7) is 0.215. The first kappa shape index (κ1) is 22.6. The average molecular weight is 474 g/mol. The SMILES string of the molecule is C[N+](C)(O)CCCS(=O)(=O)c1ccc(Cl)cc1NS(=O)(=O)c1cc2ccccc2o1. The topological polar surface area (TPSA) is 114 Å². The summed E-state index contributed by atoms with van der Waals surface area (Å²) in [6.07, 6.45) is 0.185. The van der Waals surface area contributed by atoms with Crippen molar-refractivity contribution in [3.63, 3.8) is 0 Å². The van der Waals surface area contributed by atoms with Gasteiger partial charge < -0.3 is 4.42 Å². The van der Waals surface area contributed by atoms with E-state index in [1.54, 1.807) is 24.3 Å². The van der Waals surface area contributed by atoms with Crippen molar-refractivity contribution in [3.8, 4) is 0 Å². The Morgan fingerprint density at radius 1 is 1.07 bits per heavy atom. The molecular weight excluding hydrogens is 452 g/mol. The molecule has 0 radical (unpaired) electrons. The standard InChI is InChI=1S/C19H22ClN2O6S2/c1-22(2,23)10-5-11-29(24,25)18-9-8-15(20)13-16(18)21-30(26,27)19-12-14-6-3-4-7-17(14)28-19/h3-4,6-9,12-13,21,23H,5,10-11H2,1-2H3/q+1. The van der Waals surface area contributed by atoms with Crippen molar-refractivity contribution in [1.29, 1.82) is 0 Å². The van der Waals surface area contributed by atoms with Crippen LogP contribution in [0.3, 0.4) is 0 Å². The lowest BCUT2D eigenvalue weighted by atomic mass is 10.3. The van der Waals surface area contributed by atoms with Crippen LogP contribution in [0.5, 0.6) is 0 Å². The second-order valence-corrected chi connectivity index (χ2v) is 11.5. The van der Waals surface area contributed by atoms with Crippen LogP contribution >= 0.6 is 11.6 Å². The number of sulfonamides is 1. The molecule has 8 nitrogen and oxygen atoms in total. The van der Waals surface area contributed by atoms with E-state index in [1.807, 2.05) is 0 Å². The van der Waals surface area contributed by atoms with E-state index in [1.165, 1.54) is 38.4 Å². The van der Waals surface area contributed by atoms with Crippen LogP contribution in [0.4, 0.5) is 5.69 Å². The number of hydrogen-bond acceptors (Lipinski definition) is 6. The molecule has 0 spiro atoms. The van der Waals surface area contributed by atoms with Crippen molar-refractivity contribution in [2.75, 3.05) is 31.1 Å². The third-order valence-corrected chi connectivity index (χ3v) is 7.61. The van der Waals surface area contributed by atoms with Crippen molar-refractivity contribution in [2.24, 2.45) is 0 Å². The highest BCUT2D eigenvalue weighted by Crippen LogP contribution is 2.30. The average Bonchev–Trinajstić information content (AvgIpc) is 3.05. The van der Waals surface area contributed by atoms with Gasteiger partial charge in [-0.2, -0.15) is 13.1 Å². The van der Waals surface area contributed by atoms with E-state index in [2.05, 4.69) is 4.72 Å². The Hall–Kier alpha value is -2.11. The molecule has 1 aromatic heterocycles. The number of nitrogens with one attached hydrogen (secondary N) is 1. The minimum atomic E-state index is -4.20. The lowest BCUT2D eigenvalue weighted by Crippen LogP contribution is -2.37. The van der Waals surface area contributed by atoms with Crippen molar-refractivity contribution < 1.29 is 31.1 Å². The van der Waals surface area contributed by atoms with Gasteiger partial charge in [0.2, 0.25) is 5.09 Å². The van der Waals surface area contributed by atoms with E-state index in [4.69, 9.17) is 16.0 Å². The zero-order valence-corrected chi connectivity index (χ0v) is 18.8. The Bertz CT molecular complexity index is 1240. The third-order valence-electron chi connectivity index (χ3n) is 4.31. The minimum Gasteiger partial charge on any atom is -0.443 e. The number of para-hydroxylation sites is 1. The highest BCUT2D eigenvalue weighted by Gasteiger charge is 2.26. The quantitative estimate of drug-likeness (QED) is 0.382. The number of hydroxylamine groups is 3. The monoisotopic (exact) mass is 473 g/mol. The lowest BCUT2D eigenvalue weighted by molar-refractivity contribution is -1.07. The summed E-state index contributed by atoms with van der Waals surface area (Å²) in [5.41, 5.74) is 0.224. The molecule has 0 aliphatic rings. The van der Waals surface area contributed by atoms with E-state index in [0.717, 1.165) is 0 Å². The van der Waals surface area contributed by atoms with Crippen LogP contribution in [0.2, 0.25) is 5.02 Å². The summed E-state index contributed by atoms with van der Waals surface area (Å²) in [7, 11) is -4.99. The van der Waals surface area contributed by atoms with Crippen LogP contribution in [0, 0.1) is 0 Å². The molecule has 30 heavy (non-hydrogen) atoms. The highest BCUT2D eigenvalue weighted by atomic mass is 35.5. The summed E-state index contributed by atoms with van der Waals surface area (Å²) in [6, 6.07) is 12.0. The maximum Gasteiger partial charge on any atom is 0.295 e. The highest BCUT2D eigenvalue weighted by molar-refractivity contribution is 7.93. The predicted octanol–water partition coefficient (Wildman–Crippen LogP) is 3.52. The molecule has 0 atom stereocenters. The Labute approximate surface area is 180 Å². The molecule has 3 rings (SSSR count). The number of furan rings is 1. The third kappa shape index (κ3) is 5.32. The summed E-state index contributed by atoms with van der Waals surface area (Å²) >= 11 is 5.98. The second kappa shape index (κ2) is 8.20. The van der Waals surface area contributed by atoms with Gasteiger partial charge in [-0.3, -0.25) is 4.72 Å². The number of benzene rings is 2. The Morgan fingerprint density at radius 3 is 2.43 bits per heavy atom. The Morgan fingerprint density at radius 2 is 1.77 bits per heavy atom. The van der Waals surface area contributed by atoms with Gasteiger partial charge in [-0.25, -0.2) is 13.6 Å². The molecule has 2 N–H and O–H groups in total. The van der Waals surface area contributed by atoms with E-state index in [-0.39, 0.29) is 44.1 Å². The number of fused-ring (bicyclic) bond motifs is 1. The van der Waals surface area contributed by atoms with E-state index in [0.29, 0.717) is 11.0 Å². The van der Waals surface area contributed by atoms with Crippen molar-refractivity contribution in [1.82, 2.24) is 0 Å². The second-order valence-electron chi connectivity index (χ2n) is 7.37. The minimum absolute atomic E-state index is 0.166. The first-order chi connectivity index (χ1) is 13.9. The molecule has 0 unspecified atom stereocenters. The first-order valence-electron chi connectivity index (χ1n) is 8.97. The molecule has 0 saturated heterocycles. The molecule has 0 bridgehead atoms. The zero-order valence-electron chi connectivity index (χ0n) is 16.4. The van der Waals surface area contributed by atoms with E-state index >= 15 is 0 Å². The number of anilines is 1. The number of nitrogens with zero attached hydrogens (tertiary/aromatic N) is 1. The molecule has 0 saturated carbocycles. The van der Waals surface area contributed by atoms with Gasteiger partial charge in [-0.15, -0.1) is 0 Å². The van der Waals surface area contributed by atoms with Gasteiger partial charge in [0.05, 0.1) is 30.4 Å². The molecule has 0 amide bonds. The fraction of sp³-hybridized carbons (Fsp3) is 0.263. The molecule has 1 heterocycles. The first-order valence-corrected chi connectivity index (χ1v) is 12.5. The zero-order chi connectivity index (χ0) is 22.2. The van der Waals surface area contributed by atoms with Crippen LogP contribution in [0.25, 0.3) is 11.0 Å². The molecule has 0 aliphatic carbocycles. The molecular formula is C19H22ClN2O6S2+. The van der Waals surface area contributed by atoms with E-state index in [9.17, 15) is 22.0 Å². The fourth-order valence-electron chi connectivity index (χ4n) is 2.89. The van der Waals surface area contributed by atoms with Gasteiger partial charge in [-0.1, -0.05) is 29.8 Å². The molecule has 0 fully saturated rings. The van der Waals surface area contributed by atoms with Crippen LogP contribution in [-0.2, 0) is 19.9 Å². The number of halogens is 1. The molecule has 162 valence electrons. The Kier molecular flexibility index (Phi) is 6.17. The maximum atomic E-state index is 12.8. The van der Waals surface area contributed by atoms with Gasteiger partial charge in [0.1, 0.15) is 12.1 Å². The molecule has 3 aromatic rings. The van der Waals surface area contributed by atoms with Crippen LogP contribution < -0.4 is 4.72 Å². The van der Waals surface area contributed by atoms with Gasteiger partial charge in [0, 0.05) is 22.9 Å². The number of hydrogen-bond donors (Lipinski definition) is 2.